The molecule has 1 aromatic heterocycles. The number of nitrogens with one attached hydrogen (secondary N) is 1. The van der Waals surface area contributed by atoms with Crippen LogP contribution in [-0.4, -0.2) is 23.9 Å². The monoisotopic (exact) mass is 328 g/mol. The summed E-state index contributed by atoms with van der Waals surface area (Å²) >= 11 is 1.79. The first-order valence-corrected chi connectivity index (χ1v) is 9.19. The first kappa shape index (κ1) is 16.2. The lowest BCUT2D eigenvalue weighted by Crippen LogP contribution is -2.32. The number of nitrogens with zero attached hydrogens (tertiary/aromatic N) is 1. The van der Waals surface area contributed by atoms with E-state index in [2.05, 4.69) is 47.6 Å². The highest BCUT2D eigenvalue weighted by molar-refractivity contribution is 7.10. The van der Waals surface area contributed by atoms with Crippen LogP contribution in [0.4, 0.5) is 5.69 Å². The summed E-state index contributed by atoms with van der Waals surface area (Å²) in [5.74, 6) is 0.485. The van der Waals surface area contributed by atoms with Gasteiger partial charge in [0.15, 0.2) is 0 Å². The zero-order valence-corrected chi connectivity index (χ0v) is 14.6. The molecule has 1 aromatic carbocycles. The summed E-state index contributed by atoms with van der Waals surface area (Å²) in [6.07, 6.45) is 2.31. The van der Waals surface area contributed by atoms with E-state index in [9.17, 15) is 4.79 Å². The van der Waals surface area contributed by atoms with Gasteiger partial charge in [-0.2, -0.15) is 0 Å². The molecule has 0 bridgehead atoms. The second-order valence-electron chi connectivity index (χ2n) is 6.43. The Labute approximate surface area is 142 Å². The van der Waals surface area contributed by atoms with Gasteiger partial charge in [-0.3, -0.25) is 9.69 Å². The first-order chi connectivity index (χ1) is 11.1. The van der Waals surface area contributed by atoms with Gasteiger partial charge < -0.3 is 5.32 Å². The fourth-order valence-corrected chi connectivity index (χ4v) is 4.20. The minimum absolute atomic E-state index is 0.0848. The highest BCUT2D eigenvalue weighted by Gasteiger charge is 2.28. The topological polar surface area (TPSA) is 32.3 Å². The van der Waals surface area contributed by atoms with Crippen LogP contribution in [0, 0.1) is 0 Å². The first-order valence-electron chi connectivity index (χ1n) is 8.31. The molecule has 3 nitrogen and oxygen atoms in total. The molecule has 1 atom stereocenters. The molecule has 0 saturated carbocycles. The van der Waals surface area contributed by atoms with Crippen molar-refractivity contribution < 1.29 is 4.79 Å². The molecule has 1 N–H and O–H groups in total. The summed E-state index contributed by atoms with van der Waals surface area (Å²) in [7, 11) is 0. The van der Waals surface area contributed by atoms with E-state index >= 15 is 0 Å². The summed E-state index contributed by atoms with van der Waals surface area (Å²) in [5, 5.41) is 5.22. The number of likely N-dealkylation sites (tertiary alicyclic amines) is 1. The highest BCUT2D eigenvalue weighted by atomic mass is 32.1. The minimum Gasteiger partial charge on any atom is -0.325 e. The molecule has 1 aliphatic rings. The van der Waals surface area contributed by atoms with E-state index in [0.29, 0.717) is 18.5 Å². The summed E-state index contributed by atoms with van der Waals surface area (Å²) < 4.78 is 0. The van der Waals surface area contributed by atoms with Crippen molar-refractivity contribution in [1.29, 1.82) is 0 Å². The second-order valence-corrected chi connectivity index (χ2v) is 7.41. The predicted molar refractivity (Wildman–Crippen MR) is 97.0 cm³/mol. The van der Waals surface area contributed by atoms with Crippen molar-refractivity contribution in [2.75, 3.05) is 18.4 Å². The van der Waals surface area contributed by atoms with Crippen molar-refractivity contribution >= 4 is 22.9 Å². The summed E-state index contributed by atoms with van der Waals surface area (Å²) in [6, 6.07) is 12.8. The fraction of sp³-hybridized carbons (Fsp3) is 0.421. The molecule has 1 unspecified atom stereocenters. The number of carbonyl (C=O) groups excluding carboxylic acids is 1. The molecule has 1 saturated heterocycles. The maximum atomic E-state index is 12.5. The van der Waals surface area contributed by atoms with Crippen LogP contribution in [0.15, 0.2) is 41.8 Å². The van der Waals surface area contributed by atoms with E-state index in [0.717, 1.165) is 18.7 Å². The molecule has 0 aliphatic carbocycles. The quantitative estimate of drug-likeness (QED) is 0.866. The Morgan fingerprint density at radius 3 is 2.87 bits per heavy atom. The number of amides is 1. The summed E-state index contributed by atoms with van der Waals surface area (Å²) in [6.45, 7) is 5.77. The SMILES string of the molecule is CC(C)c1ccccc1NC(=O)CN1CCCC1c1cccs1. The summed E-state index contributed by atoms with van der Waals surface area (Å²) in [4.78, 5) is 16.2. The zero-order chi connectivity index (χ0) is 16.2. The lowest BCUT2D eigenvalue weighted by molar-refractivity contribution is -0.117. The van der Waals surface area contributed by atoms with E-state index in [4.69, 9.17) is 0 Å². The lowest BCUT2D eigenvalue weighted by Gasteiger charge is -2.23. The van der Waals surface area contributed by atoms with Crippen molar-refractivity contribution in [2.24, 2.45) is 0 Å². The van der Waals surface area contributed by atoms with Crippen molar-refractivity contribution in [3.8, 4) is 0 Å². The second kappa shape index (κ2) is 7.28. The minimum atomic E-state index is 0.0848. The van der Waals surface area contributed by atoms with Gasteiger partial charge in [-0.15, -0.1) is 11.3 Å². The molecule has 4 heteroatoms. The Balaban J connectivity index is 1.66. The van der Waals surface area contributed by atoms with Gasteiger partial charge in [0.25, 0.3) is 0 Å². The van der Waals surface area contributed by atoms with Crippen LogP contribution >= 0.6 is 11.3 Å². The maximum absolute atomic E-state index is 12.5. The van der Waals surface area contributed by atoms with Gasteiger partial charge in [0.1, 0.15) is 0 Å². The van der Waals surface area contributed by atoms with E-state index in [1.54, 1.807) is 11.3 Å². The number of carbonyl (C=O) groups is 1. The Kier molecular flexibility index (Phi) is 5.13. The van der Waals surface area contributed by atoms with Gasteiger partial charge in [-0.25, -0.2) is 0 Å². The molecule has 0 spiro atoms. The summed E-state index contributed by atoms with van der Waals surface area (Å²) in [5.41, 5.74) is 2.14. The third-order valence-corrected chi connectivity index (χ3v) is 5.41. The van der Waals surface area contributed by atoms with E-state index < -0.39 is 0 Å². The number of thiophene rings is 1. The third kappa shape index (κ3) is 3.82. The number of para-hydroxylation sites is 1. The average Bonchev–Trinajstić information content (AvgIpc) is 3.18. The molecule has 1 amide bonds. The number of anilines is 1. The van der Waals surface area contributed by atoms with Crippen molar-refractivity contribution in [3.05, 3.63) is 52.2 Å². The van der Waals surface area contributed by atoms with Crippen LogP contribution in [0.5, 0.6) is 0 Å². The van der Waals surface area contributed by atoms with Gasteiger partial charge in [0.2, 0.25) is 5.91 Å². The van der Waals surface area contributed by atoms with Crippen LogP contribution in [0.3, 0.4) is 0 Å². The molecule has 122 valence electrons. The average molecular weight is 328 g/mol. The Hall–Kier alpha value is -1.65. The van der Waals surface area contributed by atoms with Gasteiger partial charge in [0.05, 0.1) is 6.54 Å². The van der Waals surface area contributed by atoms with Gasteiger partial charge in [-0.1, -0.05) is 38.1 Å². The van der Waals surface area contributed by atoms with E-state index in [-0.39, 0.29) is 5.91 Å². The van der Waals surface area contributed by atoms with Crippen LogP contribution < -0.4 is 5.32 Å². The van der Waals surface area contributed by atoms with Crippen molar-refractivity contribution in [1.82, 2.24) is 4.90 Å². The molecule has 0 radical (unpaired) electrons. The van der Waals surface area contributed by atoms with Crippen LogP contribution in [0.1, 0.15) is 49.1 Å². The predicted octanol–water partition coefficient (Wildman–Crippen LogP) is 4.65. The van der Waals surface area contributed by atoms with Gasteiger partial charge >= 0.3 is 0 Å². The highest BCUT2D eigenvalue weighted by Crippen LogP contribution is 2.34. The van der Waals surface area contributed by atoms with E-state index in [1.165, 1.54) is 16.9 Å². The largest absolute Gasteiger partial charge is 0.325 e. The fourth-order valence-electron chi connectivity index (χ4n) is 3.31. The molecule has 1 aliphatic heterocycles. The molecule has 23 heavy (non-hydrogen) atoms. The number of benzene rings is 1. The van der Waals surface area contributed by atoms with E-state index in [1.807, 2.05) is 18.2 Å². The number of rotatable bonds is 5. The Morgan fingerprint density at radius 2 is 2.13 bits per heavy atom. The molecule has 1 fully saturated rings. The van der Waals surface area contributed by atoms with Crippen LogP contribution in [0.25, 0.3) is 0 Å². The third-order valence-electron chi connectivity index (χ3n) is 4.44. The van der Waals surface area contributed by atoms with Crippen LogP contribution in [0.2, 0.25) is 0 Å². The Bertz CT molecular complexity index is 651. The van der Waals surface area contributed by atoms with Gasteiger partial charge in [0, 0.05) is 16.6 Å². The Morgan fingerprint density at radius 1 is 1.30 bits per heavy atom. The maximum Gasteiger partial charge on any atom is 0.238 e. The van der Waals surface area contributed by atoms with Gasteiger partial charge in [-0.05, 0) is 48.4 Å². The van der Waals surface area contributed by atoms with Crippen LogP contribution in [-0.2, 0) is 4.79 Å². The molecular formula is C19H24N2OS. The zero-order valence-electron chi connectivity index (χ0n) is 13.8. The molecule has 3 rings (SSSR count). The molecule has 2 heterocycles. The smallest absolute Gasteiger partial charge is 0.238 e. The normalized spacial score (nSPS) is 18.5. The number of hydrogen-bond acceptors (Lipinski definition) is 3. The van der Waals surface area contributed by atoms with Crippen molar-refractivity contribution in [3.63, 3.8) is 0 Å². The van der Waals surface area contributed by atoms with Crippen molar-refractivity contribution in [2.45, 2.75) is 38.6 Å². The standard InChI is InChI=1S/C19H24N2OS/c1-14(2)15-7-3-4-8-16(15)20-19(22)13-21-11-5-9-17(21)18-10-6-12-23-18/h3-4,6-8,10,12,14,17H,5,9,11,13H2,1-2H3,(H,20,22). The lowest BCUT2D eigenvalue weighted by atomic mass is 10.0. The number of hydrogen-bond donors (Lipinski definition) is 1. The molecular weight excluding hydrogens is 304 g/mol. The molecule has 2 aromatic rings.